The normalized spacial score (nSPS) is 14.7. The Hall–Kier alpha value is -2.15. The van der Waals surface area contributed by atoms with Crippen LogP contribution in [0.3, 0.4) is 0 Å². The van der Waals surface area contributed by atoms with Crippen LogP contribution in [0, 0.1) is 6.92 Å². The Morgan fingerprint density at radius 1 is 1.24 bits per heavy atom. The molecule has 7 nitrogen and oxygen atoms in total. The fourth-order valence-electron chi connectivity index (χ4n) is 2.56. The molecule has 0 amide bonds. The standard InChI is InChI=1S/C13H14ClN7/c1-8-10-11(13(16-7-15-10)20-4-3-5-20)21(18-8)9-6-17-19(2)12(9)14/h6-7H,3-5H2,1-2H3. The van der Waals surface area contributed by atoms with Gasteiger partial charge in [-0.2, -0.15) is 10.2 Å². The summed E-state index contributed by atoms with van der Waals surface area (Å²) in [6, 6.07) is 0. The Labute approximate surface area is 126 Å². The lowest BCUT2D eigenvalue weighted by atomic mass is 10.2. The van der Waals surface area contributed by atoms with E-state index in [1.165, 1.54) is 6.42 Å². The maximum Gasteiger partial charge on any atom is 0.158 e. The second kappa shape index (κ2) is 4.42. The highest BCUT2D eigenvalue weighted by molar-refractivity contribution is 6.31. The predicted octanol–water partition coefficient (Wildman–Crippen LogP) is 1.72. The Balaban J connectivity index is 2.02. The Bertz CT molecular complexity index is 831. The van der Waals surface area contributed by atoms with Crippen molar-refractivity contribution >= 4 is 28.5 Å². The molecule has 1 aliphatic heterocycles. The van der Waals surface area contributed by atoms with Crippen molar-refractivity contribution < 1.29 is 0 Å². The molecule has 0 radical (unpaired) electrons. The first-order valence-electron chi connectivity index (χ1n) is 6.80. The van der Waals surface area contributed by atoms with Gasteiger partial charge in [0.2, 0.25) is 0 Å². The first-order valence-corrected chi connectivity index (χ1v) is 7.18. The average molecular weight is 304 g/mol. The molecule has 8 heteroatoms. The van der Waals surface area contributed by atoms with Crippen molar-refractivity contribution in [3.8, 4) is 5.69 Å². The number of hydrogen-bond acceptors (Lipinski definition) is 5. The van der Waals surface area contributed by atoms with Gasteiger partial charge in [-0.1, -0.05) is 11.6 Å². The predicted molar refractivity (Wildman–Crippen MR) is 80.0 cm³/mol. The van der Waals surface area contributed by atoms with Crippen molar-refractivity contribution in [3.05, 3.63) is 23.4 Å². The van der Waals surface area contributed by atoms with Gasteiger partial charge in [-0.3, -0.25) is 4.68 Å². The lowest BCUT2D eigenvalue weighted by Crippen LogP contribution is -2.38. The molecule has 0 aromatic carbocycles. The molecule has 4 rings (SSSR count). The second-order valence-electron chi connectivity index (χ2n) is 5.18. The van der Waals surface area contributed by atoms with Crippen molar-refractivity contribution in [1.82, 2.24) is 29.5 Å². The molecular formula is C13H14ClN7. The molecule has 0 bridgehead atoms. The fraction of sp³-hybridized carbons (Fsp3) is 0.385. The van der Waals surface area contributed by atoms with E-state index in [2.05, 4.69) is 25.1 Å². The van der Waals surface area contributed by atoms with Crippen LogP contribution in [0.5, 0.6) is 0 Å². The molecule has 1 saturated heterocycles. The fourth-order valence-corrected chi connectivity index (χ4v) is 2.74. The number of anilines is 1. The lowest BCUT2D eigenvalue weighted by Gasteiger charge is -2.32. The minimum absolute atomic E-state index is 0.540. The van der Waals surface area contributed by atoms with Crippen LogP contribution in [-0.2, 0) is 7.05 Å². The van der Waals surface area contributed by atoms with Gasteiger partial charge >= 0.3 is 0 Å². The van der Waals surface area contributed by atoms with Gasteiger partial charge in [-0.05, 0) is 13.3 Å². The van der Waals surface area contributed by atoms with Crippen molar-refractivity contribution in [1.29, 1.82) is 0 Å². The van der Waals surface area contributed by atoms with Crippen LogP contribution in [0.4, 0.5) is 5.82 Å². The van der Waals surface area contributed by atoms with Gasteiger partial charge in [-0.15, -0.1) is 0 Å². The number of hydrogen-bond donors (Lipinski definition) is 0. The first kappa shape index (κ1) is 12.6. The number of aryl methyl sites for hydroxylation is 2. The second-order valence-corrected chi connectivity index (χ2v) is 5.53. The molecule has 0 spiro atoms. The molecular weight excluding hydrogens is 290 g/mol. The van der Waals surface area contributed by atoms with E-state index in [9.17, 15) is 0 Å². The van der Waals surface area contributed by atoms with Crippen LogP contribution in [0.2, 0.25) is 5.15 Å². The summed E-state index contributed by atoms with van der Waals surface area (Å²) in [6.07, 6.45) is 4.49. The third-order valence-corrected chi connectivity index (χ3v) is 4.28. The van der Waals surface area contributed by atoms with Crippen molar-refractivity contribution in [2.45, 2.75) is 13.3 Å². The monoisotopic (exact) mass is 303 g/mol. The number of fused-ring (bicyclic) bond motifs is 1. The van der Waals surface area contributed by atoms with Gasteiger partial charge in [0.25, 0.3) is 0 Å². The smallest absolute Gasteiger partial charge is 0.158 e. The van der Waals surface area contributed by atoms with Crippen LogP contribution < -0.4 is 4.90 Å². The molecule has 1 fully saturated rings. The van der Waals surface area contributed by atoms with Crippen LogP contribution in [0.25, 0.3) is 16.7 Å². The van der Waals surface area contributed by atoms with E-state index in [-0.39, 0.29) is 0 Å². The summed E-state index contributed by atoms with van der Waals surface area (Å²) in [7, 11) is 1.80. The molecule has 0 N–H and O–H groups in total. The molecule has 1 aliphatic rings. The lowest BCUT2D eigenvalue weighted by molar-refractivity contribution is 0.610. The molecule has 108 valence electrons. The van der Waals surface area contributed by atoms with E-state index in [1.807, 2.05) is 6.92 Å². The summed E-state index contributed by atoms with van der Waals surface area (Å²) >= 11 is 6.32. The van der Waals surface area contributed by atoms with Crippen LogP contribution in [0.15, 0.2) is 12.5 Å². The Kier molecular flexibility index (Phi) is 2.65. The third kappa shape index (κ3) is 1.73. The highest BCUT2D eigenvalue weighted by atomic mass is 35.5. The number of aromatic nitrogens is 6. The summed E-state index contributed by atoms with van der Waals surface area (Å²) in [5, 5.41) is 9.31. The van der Waals surface area contributed by atoms with Gasteiger partial charge in [0, 0.05) is 20.1 Å². The minimum Gasteiger partial charge on any atom is -0.355 e. The van der Waals surface area contributed by atoms with Crippen molar-refractivity contribution in [2.24, 2.45) is 7.05 Å². The van der Waals surface area contributed by atoms with Gasteiger partial charge < -0.3 is 4.90 Å². The molecule has 3 aromatic heterocycles. The Morgan fingerprint density at radius 3 is 2.67 bits per heavy atom. The molecule has 0 unspecified atom stereocenters. The van der Waals surface area contributed by atoms with Gasteiger partial charge in [0.05, 0.1) is 11.9 Å². The van der Waals surface area contributed by atoms with Gasteiger partial charge in [0.1, 0.15) is 23.0 Å². The summed E-state index contributed by atoms with van der Waals surface area (Å²) < 4.78 is 3.42. The van der Waals surface area contributed by atoms with Crippen molar-refractivity contribution in [3.63, 3.8) is 0 Å². The molecule has 0 atom stereocenters. The van der Waals surface area contributed by atoms with Crippen LogP contribution in [0.1, 0.15) is 12.1 Å². The number of nitrogens with zero attached hydrogens (tertiary/aromatic N) is 7. The summed E-state index contributed by atoms with van der Waals surface area (Å²) in [5.41, 5.74) is 3.35. The molecule has 0 aliphatic carbocycles. The highest BCUT2D eigenvalue weighted by Crippen LogP contribution is 2.31. The highest BCUT2D eigenvalue weighted by Gasteiger charge is 2.24. The van der Waals surface area contributed by atoms with Gasteiger partial charge in [0.15, 0.2) is 11.0 Å². The van der Waals surface area contributed by atoms with E-state index in [4.69, 9.17) is 11.6 Å². The number of rotatable bonds is 2. The summed E-state index contributed by atoms with van der Waals surface area (Å²) in [5.74, 6) is 0.909. The third-order valence-electron chi connectivity index (χ3n) is 3.84. The zero-order chi connectivity index (χ0) is 14.6. The summed E-state index contributed by atoms with van der Waals surface area (Å²) in [4.78, 5) is 11.1. The SMILES string of the molecule is Cc1nn(-c2cnn(C)c2Cl)c2c(N3CCC3)ncnc12. The van der Waals surface area contributed by atoms with E-state index >= 15 is 0 Å². The quantitative estimate of drug-likeness (QED) is 0.721. The van der Waals surface area contributed by atoms with E-state index in [0.717, 1.165) is 41.3 Å². The van der Waals surface area contributed by atoms with Gasteiger partial charge in [-0.25, -0.2) is 14.6 Å². The largest absolute Gasteiger partial charge is 0.355 e. The molecule has 4 heterocycles. The topological polar surface area (TPSA) is 64.7 Å². The van der Waals surface area contributed by atoms with Crippen molar-refractivity contribution in [2.75, 3.05) is 18.0 Å². The number of halogens is 1. The maximum absolute atomic E-state index is 6.32. The van der Waals surface area contributed by atoms with E-state index in [1.54, 1.807) is 28.9 Å². The summed E-state index contributed by atoms with van der Waals surface area (Å²) in [6.45, 7) is 3.96. The molecule has 21 heavy (non-hydrogen) atoms. The van der Waals surface area contributed by atoms with E-state index < -0.39 is 0 Å². The van der Waals surface area contributed by atoms with E-state index in [0.29, 0.717) is 5.15 Å². The first-order chi connectivity index (χ1) is 10.2. The molecule has 3 aromatic rings. The van der Waals surface area contributed by atoms with Crippen LogP contribution >= 0.6 is 11.6 Å². The average Bonchev–Trinajstić information content (AvgIpc) is 2.91. The van der Waals surface area contributed by atoms with Crippen LogP contribution in [-0.4, -0.2) is 42.6 Å². The zero-order valence-electron chi connectivity index (χ0n) is 11.8. The molecule has 0 saturated carbocycles. The Morgan fingerprint density at radius 2 is 2.05 bits per heavy atom. The zero-order valence-corrected chi connectivity index (χ0v) is 12.5. The maximum atomic E-state index is 6.32. The minimum atomic E-state index is 0.540.